The highest BCUT2D eigenvalue weighted by molar-refractivity contribution is 6.00. The number of nitrogens with zero attached hydrogens (tertiary/aromatic N) is 3. The van der Waals surface area contributed by atoms with Crippen LogP contribution in [0.2, 0.25) is 0 Å². The van der Waals surface area contributed by atoms with Crippen LogP contribution in [0.25, 0.3) is 27.8 Å². The molecule has 2 amide bonds. The van der Waals surface area contributed by atoms with E-state index in [2.05, 4.69) is 39.0 Å². The smallest absolute Gasteiger partial charge is 0.287 e. The van der Waals surface area contributed by atoms with Crippen LogP contribution in [-0.2, 0) is 11.2 Å². The summed E-state index contributed by atoms with van der Waals surface area (Å²) in [4.78, 5) is 30.8. The second-order valence-corrected chi connectivity index (χ2v) is 11.1. The highest BCUT2D eigenvalue weighted by Crippen LogP contribution is 2.41. The number of furan rings is 1. The fourth-order valence-corrected chi connectivity index (χ4v) is 5.56. The largest absolute Gasteiger partial charge is 0.451 e. The summed E-state index contributed by atoms with van der Waals surface area (Å²) >= 11 is 0. The Kier molecular flexibility index (Phi) is 6.64. The molecule has 214 valence electrons. The predicted octanol–water partition coefficient (Wildman–Crippen LogP) is 4.75. The molecule has 3 N–H and O–H groups in total. The second-order valence-electron chi connectivity index (χ2n) is 11.1. The maximum atomic E-state index is 14.1. The number of hydrogen-bond donors (Lipinski definition) is 3. The SMILES string of the molecule is CCc1cc(-c2ccc3cc(C(=O)NC4(C(=O)NC5(NC)CC5)CCC(F)(F)CC4)oc3c2)ccc1-n1cncn1. The molecule has 41 heavy (non-hydrogen) atoms. The van der Waals surface area contributed by atoms with Gasteiger partial charge in [-0.05, 0) is 80.1 Å². The first kappa shape index (κ1) is 27.1. The van der Waals surface area contributed by atoms with E-state index in [1.165, 1.54) is 6.33 Å². The number of aromatic nitrogens is 3. The van der Waals surface area contributed by atoms with E-state index < -0.39 is 41.8 Å². The summed E-state index contributed by atoms with van der Waals surface area (Å²) in [5.74, 6) is -3.90. The van der Waals surface area contributed by atoms with Gasteiger partial charge in [0.2, 0.25) is 11.8 Å². The van der Waals surface area contributed by atoms with Crippen LogP contribution in [0, 0.1) is 0 Å². The van der Waals surface area contributed by atoms with E-state index in [9.17, 15) is 18.4 Å². The van der Waals surface area contributed by atoms with Crippen LogP contribution in [-0.4, -0.2) is 50.8 Å². The van der Waals surface area contributed by atoms with Crippen LogP contribution in [0.15, 0.2) is 59.5 Å². The van der Waals surface area contributed by atoms with E-state index >= 15 is 0 Å². The molecule has 2 fully saturated rings. The molecule has 0 bridgehead atoms. The molecule has 0 aliphatic heterocycles. The van der Waals surface area contributed by atoms with Crippen molar-refractivity contribution < 1.29 is 22.8 Å². The number of rotatable bonds is 8. The number of nitrogens with one attached hydrogen (secondary N) is 3. The van der Waals surface area contributed by atoms with Crippen molar-refractivity contribution in [3.63, 3.8) is 0 Å². The average Bonchev–Trinajstić information content (AvgIpc) is 3.34. The van der Waals surface area contributed by atoms with Gasteiger partial charge in [0.25, 0.3) is 5.91 Å². The van der Waals surface area contributed by atoms with Gasteiger partial charge in [-0.3, -0.25) is 14.9 Å². The Morgan fingerprint density at radius 3 is 2.37 bits per heavy atom. The normalized spacial score (nSPS) is 18.6. The van der Waals surface area contributed by atoms with Crippen molar-refractivity contribution in [2.75, 3.05) is 7.05 Å². The fourth-order valence-electron chi connectivity index (χ4n) is 5.56. The minimum absolute atomic E-state index is 0.0205. The highest BCUT2D eigenvalue weighted by atomic mass is 19.3. The summed E-state index contributed by atoms with van der Waals surface area (Å²) < 4.78 is 35.8. The third kappa shape index (κ3) is 5.21. The molecular weight excluding hydrogens is 530 g/mol. The lowest BCUT2D eigenvalue weighted by molar-refractivity contribution is -0.134. The van der Waals surface area contributed by atoms with Crippen molar-refractivity contribution in [1.29, 1.82) is 0 Å². The zero-order chi connectivity index (χ0) is 28.8. The maximum Gasteiger partial charge on any atom is 0.287 e. The van der Waals surface area contributed by atoms with Crippen LogP contribution < -0.4 is 16.0 Å². The lowest BCUT2D eigenvalue weighted by atomic mass is 9.78. The first-order chi connectivity index (χ1) is 19.6. The summed E-state index contributed by atoms with van der Waals surface area (Å²) in [6.45, 7) is 2.07. The zero-order valence-corrected chi connectivity index (χ0v) is 23.0. The van der Waals surface area contributed by atoms with E-state index in [0.717, 1.165) is 47.0 Å². The Bertz CT molecular complexity index is 1600. The highest BCUT2D eigenvalue weighted by Gasteiger charge is 2.52. The molecule has 2 aliphatic carbocycles. The lowest BCUT2D eigenvalue weighted by Gasteiger charge is -2.40. The lowest BCUT2D eigenvalue weighted by Crippen LogP contribution is -2.64. The molecule has 0 spiro atoms. The van der Waals surface area contributed by atoms with Gasteiger partial charge in [0.05, 0.1) is 11.4 Å². The number of hydrogen-bond acceptors (Lipinski definition) is 6. The van der Waals surface area contributed by atoms with Gasteiger partial charge >= 0.3 is 0 Å². The van der Waals surface area contributed by atoms with E-state index in [0.29, 0.717) is 5.58 Å². The Labute approximate surface area is 235 Å². The van der Waals surface area contributed by atoms with Crippen molar-refractivity contribution in [2.45, 2.75) is 69.0 Å². The van der Waals surface area contributed by atoms with E-state index in [1.54, 1.807) is 24.1 Å². The monoisotopic (exact) mass is 562 g/mol. The van der Waals surface area contributed by atoms with Gasteiger partial charge in [0.1, 0.15) is 23.8 Å². The molecule has 0 unspecified atom stereocenters. The average molecular weight is 563 g/mol. The molecule has 2 aromatic heterocycles. The predicted molar refractivity (Wildman–Crippen MR) is 149 cm³/mol. The molecule has 2 heterocycles. The van der Waals surface area contributed by atoms with Gasteiger partial charge in [-0.1, -0.05) is 25.1 Å². The summed E-state index contributed by atoms with van der Waals surface area (Å²) in [6.07, 6.45) is 4.15. The molecule has 9 nitrogen and oxygen atoms in total. The van der Waals surface area contributed by atoms with Crippen molar-refractivity contribution in [2.24, 2.45) is 0 Å². The standard InChI is InChI=1S/C30H32F2N6O3/c1-3-19-14-20(6-7-23(19)38-18-34-17-35-38)21-4-5-22-16-25(41-24(22)15-21)26(39)36-28(8-10-29(31,32)11-9-28)27(40)37-30(33-2)12-13-30/h4-7,14-18,33H,3,8-13H2,1-2H3,(H,36,39)(H,37,40). The minimum Gasteiger partial charge on any atom is -0.451 e. The Morgan fingerprint density at radius 2 is 1.71 bits per heavy atom. The number of alkyl halides is 2. The van der Waals surface area contributed by atoms with Gasteiger partial charge in [-0.25, -0.2) is 18.4 Å². The molecule has 2 aliphatic rings. The number of carbonyl (C=O) groups excluding carboxylic acids is 2. The van der Waals surface area contributed by atoms with Gasteiger partial charge in [0.15, 0.2) is 5.76 Å². The number of aryl methyl sites for hydroxylation is 1. The van der Waals surface area contributed by atoms with Gasteiger partial charge in [-0.15, -0.1) is 0 Å². The molecular formula is C30H32F2N6O3. The summed E-state index contributed by atoms with van der Waals surface area (Å²) in [5.41, 5.74) is 2.45. The van der Waals surface area contributed by atoms with Crippen LogP contribution in [0.1, 0.15) is 61.6 Å². The van der Waals surface area contributed by atoms with Crippen molar-refractivity contribution >= 4 is 22.8 Å². The topological polar surface area (TPSA) is 114 Å². The Balaban J connectivity index is 1.25. The van der Waals surface area contributed by atoms with Crippen LogP contribution >= 0.6 is 0 Å². The summed E-state index contributed by atoms with van der Waals surface area (Å²) in [6, 6.07) is 13.4. The molecule has 0 atom stereocenters. The molecule has 6 rings (SSSR count). The fraction of sp³-hybridized carbons (Fsp3) is 0.400. The minimum atomic E-state index is -2.87. The third-order valence-electron chi connectivity index (χ3n) is 8.41. The van der Waals surface area contributed by atoms with Crippen molar-refractivity contribution in [1.82, 2.24) is 30.7 Å². The van der Waals surface area contributed by atoms with Crippen molar-refractivity contribution in [3.05, 3.63) is 66.4 Å². The van der Waals surface area contributed by atoms with Crippen molar-refractivity contribution in [3.8, 4) is 16.8 Å². The summed E-state index contributed by atoms with van der Waals surface area (Å²) in [5, 5.41) is 13.7. The third-order valence-corrected chi connectivity index (χ3v) is 8.41. The molecule has 2 saturated carbocycles. The quantitative estimate of drug-likeness (QED) is 0.267. The van der Waals surface area contributed by atoms with Gasteiger partial charge in [-0.2, -0.15) is 5.10 Å². The maximum absolute atomic E-state index is 14.1. The molecule has 2 aromatic carbocycles. The summed E-state index contributed by atoms with van der Waals surface area (Å²) in [7, 11) is 1.74. The van der Waals surface area contributed by atoms with E-state index in [-0.39, 0.29) is 18.6 Å². The number of amides is 2. The number of halogens is 2. The number of carbonyl (C=O) groups is 2. The Hall–Kier alpha value is -4.12. The van der Waals surface area contributed by atoms with Gasteiger partial charge < -0.3 is 15.1 Å². The van der Waals surface area contributed by atoms with E-state index in [1.807, 2.05) is 30.3 Å². The van der Waals surface area contributed by atoms with Gasteiger partial charge in [0, 0.05) is 18.2 Å². The molecule has 0 radical (unpaired) electrons. The van der Waals surface area contributed by atoms with Crippen LogP contribution in [0.3, 0.4) is 0 Å². The number of benzene rings is 2. The first-order valence-corrected chi connectivity index (χ1v) is 13.9. The van der Waals surface area contributed by atoms with Crippen LogP contribution in [0.4, 0.5) is 8.78 Å². The van der Waals surface area contributed by atoms with E-state index in [4.69, 9.17) is 4.42 Å². The zero-order valence-electron chi connectivity index (χ0n) is 23.0. The first-order valence-electron chi connectivity index (χ1n) is 13.9. The molecule has 11 heteroatoms. The molecule has 0 saturated heterocycles. The second kappa shape index (κ2) is 10.1. The Morgan fingerprint density at radius 1 is 0.976 bits per heavy atom. The number of fused-ring (bicyclic) bond motifs is 1. The molecule has 4 aromatic rings. The van der Waals surface area contributed by atoms with Crippen LogP contribution in [0.5, 0.6) is 0 Å².